The minimum atomic E-state index is -0.442. The fourth-order valence-electron chi connectivity index (χ4n) is 11.1. The van der Waals surface area contributed by atoms with E-state index in [0.29, 0.717) is 13.2 Å². The van der Waals surface area contributed by atoms with Gasteiger partial charge >= 0.3 is 0 Å². The average Bonchev–Trinajstić information content (AvgIpc) is 3.49. The van der Waals surface area contributed by atoms with E-state index in [4.69, 9.17) is 33.2 Å². The van der Waals surface area contributed by atoms with Crippen LogP contribution in [-0.4, -0.2) is 64.8 Å². The van der Waals surface area contributed by atoms with Gasteiger partial charge in [0.25, 0.3) is 0 Å². The van der Waals surface area contributed by atoms with Crippen LogP contribution in [0, 0.1) is 0 Å². The number of hydrogen-bond acceptors (Lipinski definition) is 7. The Kier molecular flexibility index (Phi) is 73.0. The van der Waals surface area contributed by atoms with Crippen molar-refractivity contribution in [1.29, 1.82) is 0 Å². The van der Waals surface area contributed by atoms with Crippen molar-refractivity contribution in [2.75, 3.05) is 39.6 Å². The summed E-state index contributed by atoms with van der Waals surface area (Å²) in [6, 6.07) is 0. The summed E-state index contributed by atoms with van der Waals surface area (Å²) in [5.74, 6) is 0. The second-order valence-electron chi connectivity index (χ2n) is 25.2. The van der Waals surface area contributed by atoms with Gasteiger partial charge in [0.1, 0.15) is 0 Å². The van der Waals surface area contributed by atoms with Gasteiger partial charge in [-0.2, -0.15) is 0 Å². The summed E-state index contributed by atoms with van der Waals surface area (Å²) in [5, 5.41) is 0. The van der Waals surface area contributed by atoms with Crippen molar-refractivity contribution in [3.05, 3.63) is 24.3 Å². The van der Waals surface area contributed by atoms with Crippen LogP contribution in [0.15, 0.2) is 24.3 Å². The van der Waals surface area contributed by atoms with E-state index >= 15 is 0 Å². The molecule has 2 unspecified atom stereocenters. The molecular formula is C76H150O7. The van der Waals surface area contributed by atoms with E-state index in [9.17, 15) is 0 Å². The molecule has 0 saturated heterocycles. The summed E-state index contributed by atoms with van der Waals surface area (Å²) < 4.78 is 45.7. The van der Waals surface area contributed by atoms with Crippen LogP contribution < -0.4 is 0 Å². The highest BCUT2D eigenvalue weighted by Crippen LogP contribution is 2.19. The van der Waals surface area contributed by atoms with Crippen LogP contribution in [0.4, 0.5) is 0 Å². The van der Waals surface area contributed by atoms with Gasteiger partial charge in [-0.25, -0.2) is 0 Å². The van der Waals surface area contributed by atoms with Crippen LogP contribution in [0.3, 0.4) is 0 Å². The highest BCUT2D eigenvalue weighted by molar-refractivity contribution is 4.90. The third-order valence-electron chi connectivity index (χ3n) is 16.7. The molecule has 0 aliphatic carbocycles. The number of allylic oxidation sites excluding steroid dienone is 2. The Balaban J connectivity index is 5.72. The lowest BCUT2D eigenvalue weighted by Crippen LogP contribution is -2.25. The first-order valence-corrected chi connectivity index (χ1v) is 37.8. The van der Waals surface area contributed by atoms with Crippen molar-refractivity contribution in [3.8, 4) is 0 Å². The summed E-state index contributed by atoms with van der Waals surface area (Å²) in [5.41, 5.74) is 0. The first kappa shape index (κ1) is 82.2. The third-order valence-corrected chi connectivity index (χ3v) is 16.7. The summed E-state index contributed by atoms with van der Waals surface area (Å²) in [6.45, 7) is 18.4. The lowest BCUT2D eigenvalue weighted by Gasteiger charge is -2.22. The van der Waals surface area contributed by atoms with E-state index in [0.717, 1.165) is 116 Å². The molecule has 2 atom stereocenters. The van der Waals surface area contributed by atoms with Crippen molar-refractivity contribution in [2.45, 2.75) is 426 Å². The maximum atomic E-state index is 6.77. The Bertz CT molecular complexity index is 1080. The second kappa shape index (κ2) is 73.7. The van der Waals surface area contributed by atoms with Crippen molar-refractivity contribution in [3.63, 3.8) is 0 Å². The molecule has 0 N–H and O–H groups in total. The number of unbranched alkanes of at least 4 members (excludes halogenated alkanes) is 46. The lowest BCUT2D eigenvalue weighted by atomic mass is 10.1. The molecule has 496 valence electrons. The van der Waals surface area contributed by atoms with Crippen molar-refractivity contribution in [2.24, 2.45) is 0 Å². The molecule has 0 bridgehead atoms. The van der Waals surface area contributed by atoms with Crippen molar-refractivity contribution >= 4 is 0 Å². The number of hydrogen-bond donors (Lipinski definition) is 0. The zero-order valence-corrected chi connectivity index (χ0v) is 57.3. The molecule has 0 aromatic heterocycles. The van der Waals surface area contributed by atoms with Crippen LogP contribution in [0.25, 0.3) is 0 Å². The molecule has 0 aromatic carbocycles. The molecule has 0 spiro atoms. The van der Waals surface area contributed by atoms with Crippen LogP contribution in [0.2, 0.25) is 0 Å². The second-order valence-corrected chi connectivity index (χ2v) is 25.2. The highest BCUT2D eigenvalue weighted by atomic mass is 16.8. The fraction of sp³-hybridized carbons (Fsp3) is 0.947. The zero-order chi connectivity index (χ0) is 59.9. The van der Waals surface area contributed by atoms with Gasteiger partial charge < -0.3 is 33.2 Å². The van der Waals surface area contributed by atoms with Crippen LogP contribution in [0.1, 0.15) is 401 Å². The Morgan fingerprint density at radius 3 is 0.614 bits per heavy atom. The molecule has 0 rings (SSSR count). The third kappa shape index (κ3) is 67.0. The molecule has 7 nitrogen and oxygen atoms in total. The molecule has 83 heavy (non-hydrogen) atoms. The Hall–Kier alpha value is -0.800. The first-order chi connectivity index (χ1) is 41.1. The maximum absolute atomic E-state index is 6.77. The molecule has 0 saturated carbocycles. The predicted octanol–water partition coefficient (Wildman–Crippen LogP) is 25.5. The van der Waals surface area contributed by atoms with Crippen LogP contribution in [0.5, 0.6) is 0 Å². The van der Waals surface area contributed by atoms with Gasteiger partial charge in [-0.1, -0.05) is 323 Å². The standard InChI is InChI=1S/C76H150O7/c1-7-13-19-25-31-37-47-57-67-77-73(78-68-58-48-38-32-26-20-14-8-2)63-53-43-45-55-65-75(81-71-61-51-41-35-29-23-17-11-5)83-76(82-72-62-52-42-36-30-24-18-12-6)66-56-46-44-54-64-74(79-69-59-49-39-33-27-21-15-9-3)80-70-60-50-40-34-28-22-16-10-4/h55-56,65-66,73-76H,7-54,57-64,67-72H2,1-6H3. The number of ether oxygens (including phenoxy) is 7. The van der Waals surface area contributed by atoms with Crippen molar-refractivity contribution in [1.82, 2.24) is 0 Å². The molecule has 0 aliphatic rings. The Labute approximate surface area is 521 Å². The topological polar surface area (TPSA) is 64.6 Å². The fourth-order valence-corrected chi connectivity index (χ4v) is 11.1. The molecule has 0 fully saturated rings. The Morgan fingerprint density at radius 1 is 0.205 bits per heavy atom. The summed E-state index contributed by atoms with van der Waals surface area (Å²) in [6.07, 6.45) is 78.7. The molecule has 0 aromatic rings. The smallest absolute Gasteiger partial charge is 0.180 e. The van der Waals surface area contributed by atoms with Gasteiger partial charge in [-0.3, -0.25) is 0 Å². The molecule has 0 aliphatic heterocycles. The van der Waals surface area contributed by atoms with Gasteiger partial charge in [0, 0.05) is 26.4 Å². The summed E-state index contributed by atoms with van der Waals surface area (Å²) in [7, 11) is 0. The molecule has 7 heteroatoms. The molecule has 0 heterocycles. The predicted molar refractivity (Wildman–Crippen MR) is 363 cm³/mol. The van der Waals surface area contributed by atoms with Crippen molar-refractivity contribution < 1.29 is 33.2 Å². The Morgan fingerprint density at radius 2 is 0.398 bits per heavy atom. The summed E-state index contributed by atoms with van der Waals surface area (Å²) >= 11 is 0. The average molecular weight is 1180 g/mol. The normalized spacial score (nSPS) is 12.9. The van der Waals surface area contributed by atoms with E-state index in [1.807, 2.05) is 0 Å². The first-order valence-electron chi connectivity index (χ1n) is 37.8. The molecular weight excluding hydrogens is 1020 g/mol. The van der Waals surface area contributed by atoms with E-state index < -0.39 is 12.6 Å². The molecule has 0 amide bonds. The van der Waals surface area contributed by atoms with Gasteiger partial charge in [0.15, 0.2) is 25.2 Å². The van der Waals surface area contributed by atoms with Crippen LogP contribution in [-0.2, 0) is 33.2 Å². The monoisotopic (exact) mass is 1180 g/mol. The highest BCUT2D eigenvalue weighted by Gasteiger charge is 2.15. The minimum absolute atomic E-state index is 0.0953. The van der Waals surface area contributed by atoms with E-state index in [2.05, 4.69) is 65.8 Å². The van der Waals surface area contributed by atoms with Gasteiger partial charge in [-0.05, 0) is 102 Å². The SMILES string of the molecule is CCCCCCCCCCOC(C=CCCCCC(OCCCCCCCCCC)OCCCCCCCCCC)OC(C=CCCCCC(OCCCCCCCCCC)OCCCCCCCCCC)OCCCCCCCCCC. The maximum Gasteiger partial charge on any atom is 0.180 e. The minimum Gasteiger partial charge on any atom is -0.353 e. The summed E-state index contributed by atoms with van der Waals surface area (Å²) in [4.78, 5) is 0. The quantitative estimate of drug-likeness (QED) is 0.0342. The largest absolute Gasteiger partial charge is 0.353 e. The van der Waals surface area contributed by atoms with Gasteiger partial charge in [0.05, 0.1) is 13.2 Å². The van der Waals surface area contributed by atoms with E-state index in [-0.39, 0.29) is 12.6 Å². The van der Waals surface area contributed by atoms with E-state index in [1.165, 1.54) is 270 Å². The molecule has 0 radical (unpaired) electrons. The lowest BCUT2D eigenvalue weighted by molar-refractivity contribution is -0.208. The van der Waals surface area contributed by atoms with Gasteiger partial charge in [0.2, 0.25) is 0 Å². The van der Waals surface area contributed by atoms with Gasteiger partial charge in [-0.15, -0.1) is 0 Å². The number of rotatable bonds is 74. The zero-order valence-electron chi connectivity index (χ0n) is 57.3. The van der Waals surface area contributed by atoms with Crippen LogP contribution >= 0.6 is 0 Å². The van der Waals surface area contributed by atoms with E-state index in [1.54, 1.807) is 0 Å².